The number of hydrogen-bond acceptors (Lipinski definition) is 0. The molecule has 0 saturated carbocycles. The molecule has 0 fully saturated rings. The summed E-state index contributed by atoms with van der Waals surface area (Å²) in [6.45, 7) is 0. The molecule has 0 nitrogen and oxygen atoms in total. The lowest BCUT2D eigenvalue weighted by molar-refractivity contribution is 0.664. The molecule has 1 radical (unpaired) electrons. The molecule has 0 heteroatoms. The monoisotopic (exact) mass is 93.1 g/mol. The van der Waals surface area contributed by atoms with E-state index in [4.69, 9.17) is 0 Å². The van der Waals surface area contributed by atoms with Gasteiger partial charge in [-0.3, -0.25) is 0 Å². The van der Waals surface area contributed by atoms with Crippen LogP contribution in [-0.4, -0.2) is 0 Å². The highest BCUT2D eigenvalue weighted by molar-refractivity contribution is 5.23. The Bertz CT molecular complexity index is 101. The minimum absolute atomic E-state index is 0.884. The predicted molar refractivity (Wildman–Crippen MR) is 29.7 cm³/mol. The molecule has 0 spiro atoms. The van der Waals surface area contributed by atoms with Crippen LogP contribution >= 0.6 is 0 Å². The van der Waals surface area contributed by atoms with E-state index >= 15 is 0 Å². The summed E-state index contributed by atoms with van der Waals surface area (Å²) < 4.78 is 0. The van der Waals surface area contributed by atoms with Crippen molar-refractivity contribution >= 4 is 0 Å². The second kappa shape index (κ2) is 1.12. The van der Waals surface area contributed by atoms with Gasteiger partial charge in [-0.2, -0.15) is 0 Å². The van der Waals surface area contributed by atoms with Gasteiger partial charge in [-0.15, -0.1) is 0 Å². The van der Waals surface area contributed by atoms with Gasteiger partial charge < -0.3 is 0 Å². The van der Waals surface area contributed by atoms with Crippen molar-refractivity contribution in [1.29, 1.82) is 0 Å². The largest absolute Gasteiger partial charge is 0.0819 e. The first kappa shape index (κ1) is 3.71. The molecule has 7 heavy (non-hydrogen) atoms. The van der Waals surface area contributed by atoms with Gasteiger partial charge in [0.05, 0.1) is 0 Å². The Morgan fingerprint density at radius 2 is 2.57 bits per heavy atom. The van der Waals surface area contributed by atoms with Crippen molar-refractivity contribution in [3.05, 3.63) is 18.1 Å². The SMILES string of the molecule is [CH]1CC2=CC1CC2. The minimum atomic E-state index is 0.884. The van der Waals surface area contributed by atoms with Gasteiger partial charge in [-0.05, 0) is 31.6 Å². The molecule has 2 aliphatic rings. The molecule has 0 aromatic carbocycles. The van der Waals surface area contributed by atoms with E-state index in [2.05, 4.69) is 12.5 Å². The molecule has 0 heterocycles. The van der Waals surface area contributed by atoms with Gasteiger partial charge in [0, 0.05) is 0 Å². The zero-order valence-electron chi connectivity index (χ0n) is 4.35. The van der Waals surface area contributed by atoms with Gasteiger partial charge in [-0.1, -0.05) is 11.6 Å². The summed E-state index contributed by atoms with van der Waals surface area (Å²) in [5, 5.41) is 0. The number of fused-ring (bicyclic) bond motifs is 1. The van der Waals surface area contributed by atoms with E-state index < -0.39 is 0 Å². The normalized spacial score (nSPS) is 28.9. The van der Waals surface area contributed by atoms with E-state index in [0.717, 1.165) is 5.92 Å². The van der Waals surface area contributed by atoms with Crippen molar-refractivity contribution in [2.24, 2.45) is 5.92 Å². The molecule has 0 amide bonds. The summed E-state index contributed by atoms with van der Waals surface area (Å²) in [7, 11) is 0. The lowest BCUT2D eigenvalue weighted by atomic mass is 10.00. The van der Waals surface area contributed by atoms with Gasteiger partial charge in [-0.25, -0.2) is 0 Å². The molecule has 1 atom stereocenters. The molecule has 1 unspecified atom stereocenters. The first-order chi connectivity index (χ1) is 3.45. The van der Waals surface area contributed by atoms with Crippen LogP contribution in [0.5, 0.6) is 0 Å². The summed E-state index contributed by atoms with van der Waals surface area (Å²) in [6.07, 6.45) is 8.93. The molecule has 0 saturated heterocycles. The van der Waals surface area contributed by atoms with Crippen LogP contribution < -0.4 is 0 Å². The van der Waals surface area contributed by atoms with Crippen LogP contribution in [0.1, 0.15) is 19.3 Å². The van der Waals surface area contributed by atoms with E-state index in [9.17, 15) is 0 Å². The number of hydrogen-bond donors (Lipinski definition) is 0. The van der Waals surface area contributed by atoms with Crippen molar-refractivity contribution in [3.63, 3.8) is 0 Å². The first-order valence-corrected chi connectivity index (χ1v) is 2.98. The quantitative estimate of drug-likeness (QED) is 0.401. The van der Waals surface area contributed by atoms with Crippen molar-refractivity contribution in [2.45, 2.75) is 19.3 Å². The van der Waals surface area contributed by atoms with Crippen LogP contribution in [-0.2, 0) is 0 Å². The summed E-state index contributed by atoms with van der Waals surface area (Å²) in [4.78, 5) is 0. The average Bonchev–Trinajstić information content (AvgIpc) is 2.22. The van der Waals surface area contributed by atoms with Crippen LogP contribution in [0.4, 0.5) is 0 Å². The molecular weight excluding hydrogens is 84.1 g/mol. The van der Waals surface area contributed by atoms with Gasteiger partial charge >= 0.3 is 0 Å². The van der Waals surface area contributed by atoms with Crippen LogP contribution in [0, 0.1) is 12.3 Å². The number of rotatable bonds is 0. The Labute approximate surface area is 44.2 Å². The third-order valence-corrected chi connectivity index (χ3v) is 1.93. The highest BCUT2D eigenvalue weighted by atomic mass is 14.3. The smallest absolute Gasteiger partial charge is 0.0193 e. The fourth-order valence-electron chi connectivity index (χ4n) is 1.48. The summed E-state index contributed by atoms with van der Waals surface area (Å²) in [5.41, 5.74) is 1.69. The average molecular weight is 93.1 g/mol. The van der Waals surface area contributed by atoms with E-state index in [1.807, 2.05) is 0 Å². The molecule has 0 aromatic heterocycles. The summed E-state index contributed by atoms with van der Waals surface area (Å²) in [6, 6.07) is 0. The maximum atomic E-state index is 2.42. The van der Waals surface area contributed by atoms with Gasteiger partial charge in [0.2, 0.25) is 0 Å². The maximum absolute atomic E-state index is 2.42. The van der Waals surface area contributed by atoms with Crippen LogP contribution in [0.15, 0.2) is 11.6 Å². The second-order valence-corrected chi connectivity index (χ2v) is 2.47. The van der Waals surface area contributed by atoms with Crippen molar-refractivity contribution in [3.8, 4) is 0 Å². The highest BCUT2D eigenvalue weighted by Gasteiger charge is 2.21. The minimum Gasteiger partial charge on any atom is -0.0819 e. The van der Waals surface area contributed by atoms with E-state index in [1.165, 1.54) is 19.3 Å². The Hall–Kier alpha value is -0.260. The maximum Gasteiger partial charge on any atom is -0.0193 e. The van der Waals surface area contributed by atoms with Crippen molar-refractivity contribution in [2.75, 3.05) is 0 Å². The molecule has 2 bridgehead atoms. The second-order valence-electron chi connectivity index (χ2n) is 2.47. The topological polar surface area (TPSA) is 0 Å². The summed E-state index contributed by atoms with van der Waals surface area (Å²) >= 11 is 0. The van der Waals surface area contributed by atoms with E-state index in [1.54, 1.807) is 5.57 Å². The fourth-order valence-corrected chi connectivity index (χ4v) is 1.48. The molecular formula is C7H9. The van der Waals surface area contributed by atoms with Crippen LogP contribution in [0.3, 0.4) is 0 Å². The van der Waals surface area contributed by atoms with Crippen LogP contribution in [0.25, 0.3) is 0 Å². The number of allylic oxidation sites excluding steroid dienone is 2. The molecule has 0 aromatic rings. The third kappa shape index (κ3) is 0.425. The fraction of sp³-hybridized carbons (Fsp3) is 0.571. The van der Waals surface area contributed by atoms with Gasteiger partial charge in [0.25, 0.3) is 0 Å². The van der Waals surface area contributed by atoms with Crippen molar-refractivity contribution in [1.82, 2.24) is 0 Å². The molecule has 37 valence electrons. The molecule has 0 N–H and O–H groups in total. The highest BCUT2D eigenvalue weighted by Crippen LogP contribution is 2.36. The lowest BCUT2D eigenvalue weighted by Gasteiger charge is -2.05. The van der Waals surface area contributed by atoms with E-state index in [-0.39, 0.29) is 0 Å². The van der Waals surface area contributed by atoms with Crippen LogP contribution in [0.2, 0.25) is 0 Å². The molecule has 2 rings (SSSR count). The zero-order chi connectivity index (χ0) is 4.69. The molecule has 2 aliphatic carbocycles. The Balaban J connectivity index is 2.27. The van der Waals surface area contributed by atoms with Crippen molar-refractivity contribution < 1.29 is 0 Å². The van der Waals surface area contributed by atoms with E-state index in [0.29, 0.717) is 0 Å². The third-order valence-electron chi connectivity index (χ3n) is 1.93. The first-order valence-electron chi connectivity index (χ1n) is 2.98. The standard InChI is InChI=1S/C7H9/c1-2-7-4-3-6(1)5-7/h1,5-6H,2-4H2. The Kier molecular flexibility index (Phi) is 0.592. The molecule has 0 aliphatic heterocycles. The lowest BCUT2D eigenvalue weighted by Crippen LogP contribution is -1.92. The Morgan fingerprint density at radius 1 is 1.57 bits per heavy atom. The Morgan fingerprint density at radius 3 is 2.71 bits per heavy atom. The van der Waals surface area contributed by atoms with Gasteiger partial charge in [0.15, 0.2) is 0 Å². The summed E-state index contributed by atoms with van der Waals surface area (Å²) in [5.74, 6) is 0.884. The predicted octanol–water partition coefficient (Wildman–Crippen LogP) is 1.93. The zero-order valence-corrected chi connectivity index (χ0v) is 4.35. The van der Waals surface area contributed by atoms with Gasteiger partial charge in [0.1, 0.15) is 0 Å².